The number of hydrogen-bond donors (Lipinski definition) is 0. The fraction of sp³-hybridized carbons (Fsp3) is 0.533. The zero-order valence-electron chi connectivity index (χ0n) is 11.8. The fourth-order valence-corrected chi connectivity index (χ4v) is 4.74. The van der Waals surface area contributed by atoms with Crippen molar-refractivity contribution in [1.29, 1.82) is 0 Å². The fourth-order valence-electron chi connectivity index (χ4n) is 3.18. The molecule has 0 radical (unpaired) electrons. The van der Waals surface area contributed by atoms with Crippen molar-refractivity contribution in [2.24, 2.45) is 4.99 Å². The van der Waals surface area contributed by atoms with Crippen LogP contribution in [0.5, 0.6) is 0 Å². The third-order valence-electron chi connectivity index (χ3n) is 4.30. The van der Waals surface area contributed by atoms with Gasteiger partial charge in [-0.15, -0.1) is 0 Å². The Morgan fingerprint density at radius 3 is 2.81 bits per heavy atom. The monoisotopic (exact) mass is 306 g/mol. The summed E-state index contributed by atoms with van der Waals surface area (Å²) in [5, 5.41) is 0. The lowest BCUT2D eigenvalue weighted by atomic mass is 10.1. The van der Waals surface area contributed by atoms with E-state index in [2.05, 4.69) is 4.99 Å². The number of nitrogens with zero attached hydrogens (tertiary/aromatic N) is 2. The summed E-state index contributed by atoms with van der Waals surface area (Å²) in [7, 11) is -3.49. The first-order valence-corrected chi connectivity index (χ1v) is 8.74. The average Bonchev–Trinajstić information content (AvgIpc) is 2.95. The lowest BCUT2D eigenvalue weighted by Crippen LogP contribution is -2.41. The molecule has 1 aliphatic heterocycles. The minimum atomic E-state index is -3.49. The number of fused-ring (bicyclic) bond motifs is 1. The second kappa shape index (κ2) is 5.72. The van der Waals surface area contributed by atoms with E-state index >= 15 is 0 Å². The Bertz CT molecular complexity index is 693. The minimum absolute atomic E-state index is 0.263. The first kappa shape index (κ1) is 14.4. The van der Waals surface area contributed by atoms with E-state index in [1.165, 1.54) is 15.9 Å². The summed E-state index contributed by atoms with van der Waals surface area (Å²) in [4.78, 5) is 14.4. The van der Waals surface area contributed by atoms with Gasteiger partial charge in [0.05, 0.1) is 10.9 Å². The molecule has 3 rings (SSSR count). The maximum atomic E-state index is 12.7. The Morgan fingerprint density at radius 1 is 1.19 bits per heavy atom. The van der Waals surface area contributed by atoms with Gasteiger partial charge in [-0.2, -0.15) is 4.31 Å². The number of piperidine rings is 1. The van der Waals surface area contributed by atoms with Crippen LogP contribution in [0.15, 0.2) is 28.1 Å². The van der Waals surface area contributed by atoms with Crippen LogP contribution in [-0.4, -0.2) is 37.9 Å². The highest BCUT2D eigenvalue weighted by Gasteiger charge is 2.30. The molecule has 0 amide bonds. The molecule has 1 saturated heterocycles. The number of carbonyl (C=O) groups excluding carboxylic acids is 1. The molecule has 112 valence electrons. The molecule has 1 atom stereocenters. The highest BCUT2D eigenvalue weighted by Crippen LogP contribution is 2.27. The van der Waals surface area contributed by atoms with Crippen LogP contribution < -0.4 is 0 Å². The van der Waals surface area contributed by atoms with Gasteiger partial charge in [-0.3, -0.25) is 0 Å². The molecular formula is C15H18N2O3S. The first-order chi connectivity index (χ1) is 10.1. The van der Waals surface area contributed by atoms with Gasteiger partial charge in [0.25, 0.3) is 0 Å². The van der Waals surface area contributed by atoms with Gasteiger partial charge in [0.1, 0.15) is 0 Å². The molecule has 1 unspecified atom stereocenters. The first-order valence-electron chi connectivity index (χ1n) is 7.30. The summed E-state index contributed by atoms with van der Waals surface area (Å²) in [6.45, 7) is 0.763. The Kier molecular flexibility index (Phi) is 3.93. The van der Waals surface area contributed by atoms with Crippen LogP contribution >= 0.6 is 0 Å². The molecule has 1 aromatic rings. The normalized spacial score (nSPS) is 22.6. The van der Waals surface area contributed by atoms with Gasteiger partial charge in [0.15, 0.2) is 0 Å². The van der Waals surface area contributed by atoms with Crippen molar-refractivity contribution in [1.82, 2.24) is 4.31 Å². The van der Waals surface area contributed by atoms with Crippen molar-refractivity contribution >= 4 is 16.1 Å². The van der Waals surface area contributed by atoms with Crippen molar-refractivity contribution in [3.05, 3.63) is 29.3 Å². The molecule has 5 nitrogen and oxygen atoms in total. The van der Waals surface area contributed by atoms with Gasteiger partial charge in [-0.05, 0) is 55.4 Å². The number of sulfonamides is 1. The maximum Gasteiger partial charge on any atom is 0.243 e. The van der Waals surface area contributed by atoms with E-state index in [4.69, 9.17) is 0 Å². The molecule has 1 fully saturated rings. The van der Waals surface area contributed by atoms with E-state index in [0.29, 0.717) is 11.4 Å². The minimum Gasteiger partial charge on any atom is -0.211 e. The van der Waals surface area contributed by atoms with Crippen LogP contribution in [0.3, 0.4) is 0 Å². The average molecular weight is 306 g/mol. The number of hydrogen-bond acceptors (Lipinski definition) is 4. The Hall–Kier alpha value is -1.49. The molecule has 0 aromatic heterocycles. The molecule has 1 heterocycles. The van der Waals surface area contributed by atoms with Gasteiger partial charge in [0.2, 0.25) is 16.1 Å². The summed E-state index contributed by atoms with van der Waals surface area (Å²) in [5.41, 5.74) is 2.41. The topological polar surface area (TPSA) is 66.8 Å². The van der Waals surface area contributed by atoms with Crippen LogP contribution in [0.25, 0.3) is 0 Å². The third kappa shape index (κ3) is 2.79. The summed E-state index contributed by atoms with van der Waals surface area (Å²) in [6.07, 6.45) is 6.09. The third-order valence-corrected chi connectivity index (χ3v) is 6.16. The van der Waals surface area contributed by atoms with Gasteiger partial charge in [-0.1, -0.05) is 6.07 Å². The molecule has 6 heteroatoms. The smallest absolute Gasteiger partial charge is 0.211 e. The standard InChI is InChI=1S/C15H18N2O3S/c18-11-16-14-5-2-8-17(10-14)21(19,20)15-7-6-12-3-1-4-13(12)9-15/h6-7,9,14H,1-5,8,10H2. The van der Waals surface area contributed by atoms with Crippen LogP contribution in [0.4, 0.5) is 0 Å². The SMILES string of the molecule is O=C=NC1CCCN(S(=O)(=O)c2ccc3c(c2)CCC3)C1. The molecule has 0 spiro atoms. The van der Waals surface area contributed by atoms with Crippen LogP contribution in [-0.2, 0) is 27.7 Å². The van der Waals surface area contributed by atoms with Gasteiger partial charge < -0.3 is 0 Å². The van der Waals surface area contributed by atoms with Crippen molar-refractivity contribution in [2.75, 3.05) is 13.1 Å². The molecule has 1 aromatic carbocycles. The largest absolute Gasteiger partial charge is 0.243 e. The van der Waals surface area contributed by atoms with Gasteiger partial charge in [0, 0.05) is 13.1 Å². The Morgan fingerprint density at radius 2 is 2.00 bits per heavy atom. The highest BCUT2D eigenvalue weighted by atomic mass is 32.2. The molecule has 21 heavy (non-hydrogen) atoms. The van der Waals surface area contributed by atoms with E-state index in [9.17, 15) is 13.2 Å². The zero-order chi connectivity index (χ0) is 14.9. The van der Waals surface area contributed by atoms with Crippen LogP contribution in [0, 0.1) is 0 Å². The molecule has 2 aliphatic rings. The summed E-state index contributed by atoms with van der Waals surface area (Å²) < 4.78 is 26.9. The van der Waals surface area contributed by atoms with Crippen molar-refractivity contribution in [3.8, 4) is 0 Å². The lowest BCUT2D eigenvalue weighted by Gasteiger charge is -2.29. The number of aliphatic imine (C=N–C) groups is 1. The Balaban J connectivity index is 1.87. The maximum absolute atomic E-state index is 12.7. The predicted octanol–water partition coefficient (Wildman–Crippen LogP) is 1.66. The van der Waals surface area contributed by atoms with Gasteiger partial charge >= 0.3 is 0 Å². The number of aryl methyl sites for hydroxylation is 2. The number of benzene rings is 1. The molecule has 0 bridgehead atoms. The van der Waals surface area contributed by atoms with Crippen molar-refractivity contribution in [3.63, 3.8) is 0 Å². The molecule has 1 aliphatic carbocycles. The van der Waals surface area contributed by atoms with Crippen molar-refractivity contribution in [2.45, 2.75) is 43.0 Å². The molecule has 0 N–H and O–H groups in total. The van der Waals surface area contributed by atoms with Crippen molar-refractivity contribution < 1.29 is 13.2 Å². The number of isocyanates is 1. The Labute approximate surface area is 124 Å². The quantitative estimate of drug-likeness (QED) is 0.630. The highest BCUT2D eigenvalue weighted by molar-refractivity contribution is 7.89. The zero-order valence-corrected chi connectivity index (χ0v) is 12.6. The molecular weight excluding hydrogens is 288 g/mol. The van der Waals surface area contributed by atoms with E-state index in [1.54, 1.807) is 6.07 Å². The summed E-state index contributed by atoms with van der Waals surface area (Å²) in [5.74, 6) is 0. The lowest BCUT2D eigenvalue weighted by molar-refractivity contribution is 0.316. The van der Waals surface area contributed by atoms with Crippen LogP contribution in [0.1, 0.15) is 30.4 Å². The van der Waals surface area contributed by atoms with E-state index in [-0.39, 0.29) is 12.6 Å². The van der Waals surface area contributed by atoms with Crippen LogP contribution in [0.2, 0.25) is 0 Å². The number of rotatable bonds is 3. The summed E-state index contributed by atoms with van der Waals surface area (Å²) >= 11 is 0. The second-order valence-electron chi connectivity index (χ2n) is 5.66. The second-order valence-corrected chi connectivity index (χ2v) is 7.60. The molecule has 0 saturated carbocycles. The van der Waals surface area contributed by atoms with E-state index in [1.807, 2.05) is 12.1 Å². The van der Waals surface area contributed by atoms with E-state index in [0.717, 1.165) is 37.7 Å². The van der Waals surface area contributed by atoms with E-state index < -0.39 is 10.0 Å². The predicted molar refractivity (Wildman–Crippen MR) is 78.4 cm³/mol. The summed E-state index contributed by atoms with van der Waals surface area (Å²) in [6, 6.07) is 5.18. The van der Waals surface area contributed by atoms with Gasteiger partial charge in [-0.25, -0.2) is 18.2 Å².